The molecule has 0 atom stereocenters. The van der Waals surface area contributed by atoms with Crippen molar-refractivity contribution in [2.45, 2.75) is 6.54 Å². The summed E-state index contributed by atoms with van der Waals surface area (Å²) >= 11 is 0. The van der Waals surface area contributed by atoms with E-state index in [0.29, 0.717) is 6.54 Å². The van der Waals surface area contributed by atoms with Crippen molar-refractivity contribution in [2.75, 3.05) is 5.73 Å². The largest absolute Gasteiger partial charge is 0.399 e. The number of nitrogens with one attached hydrogen (secondary N) is 1. The third-order valence-corrected chi connectivity index (χ3v) is 1.92. The molecule has 0 saturated heterocycles. The van der Waals surface area contributed by atoms with Crippen LogP contribution in [0.2, 0.25) is 0 Å². The van der Waals surface area contributed by atoms with Crippen molar-refractivity contribution in [1.29, 1.82) is 0 Å². The molecule has 0 aliphatic rings. The van der Waals surface area contributed by atoms with Gasteiger partial charge in [0.1, 0.15) is 0 Å². The van der Waals surface area contributed by atoms with E-state index in [4.69, 9.17) is 11.5 Å². The number of H-pyrrole nitrogens is 1. The molecule has 0 amide bonds. The minimum atomic E-state index is 0.536. The quantitative estimate of drug-likeness (QED) is 0.550. The van der Waals surface area contributed by atoms with Crippen molar-refractivity contribution >= 4 is 16.6 Å². The van der Waals surface area contributed by atoms with Crippen molar-refractivity contribution in [2.24, 2.45) is 5.73 Å². The highest BCUT2D eigenvalue weighted by molar-refractivity contribution is 5.83. The van der Waals surface area contributed by atoms with E-state index in [1.807, 2.05) is 24.3 Å². The summed E-state index contributed by atoms with van der Waals surface area (Å²) in [6, 6.07) is 7.82. The summed E-state index contributed by atoms with van der Waals surface area (Å²) < 4.78 is 0. The van der Waals surface area contributed by atoms with Gasteiger partial charge in [0, 0.05) is 23.4 Å². The second-order valence-electron chi connectivity index (χ2n) is 2.85. The van der Waals surface area contributed by atoms with Crippen molar-refractivity contribution < 1.29 is 0 Å². The molecule has 1 heterocycles. The summed E-state index contributed by atoms with van der Waals surface area (Å²) in [5.41, 5.74) is 14.0. The van der Waals surface area contributed by atoms with E-state index in [2.05, 4.69) is 4.98 Å². The van der Waals surface area contributed by atoms with Crippen LogP contribution in [0.15, 0.2) is 24.3 Å². The van der Waals surface area contributed by atoms with Gasteiger partial charge in [-0.2, -0.15) is 0 Å². The first-order valence-corrected chi connectivity index (χ1v) is 3.87. The Morgan fingerprint density at radius 1 is 1.25 bits per heavy atom. The highest BCUT2D eigenvalue weighted by atomic mass is 14.7. The molecule has 0 bridgehead atoms. The molecule has 0 fully saturated rings. The van der Waals surface area contributed by atoms with Crippen LogP contribution in [0.5, 0.6) is 0 Å². The predicted molar refractivity (Wildman–Crippen MR) is 50.6 cm³/mol. The fourth-order valence-corrected chi connectivity index (χ4v) is 1.31. The highest BCUT2D eigenvalue weighted by Gasteiger charge is 1.98. The minimum Gasteiger partial charge on any atom is -0.399 e. The summed E-state index contributed by atoms with van der Waals surface area (Å²) in [5.74, 6) is 0. The van der Waals surface area contributed by atoms with Gasteiger partial charge >= 0.3 is 0 Å². The third kappa shape index (κ3) is 1.04. The maximum Gasteiger partial charge on any atom is 0.0477 e. The lowest BCUT2D eigenvalue weighted by Crippen LogP contribution is -1.95. The Morgan fingerprint density at radius 3 is 2.83 bits per heavy atom. The average molecular weight is 161 g/mol. The molecule has 2 aromatic rings. The van der Waals surface area contributed by atoms with Crippen LogP contribution in [-0.4, -0.2) is 4.98 Å². The number of aromatic amines is 1. The molecule has 5 N–H and O–H groups in total. The Labute approximate surface area is 70.4 Å². The molecule has 0 unspecified atom stereocenters. The molecule has 3 heteroatoms. The van der Waals surface area contributed by atoms with Gasteiger partial charge in [0.25, 0.3) is 0 Å². The Balaban J connectivity index is 2.67. The fraction of sp³-hybridized carbons (Fsp3) is 0.111. The molecule has 0 radical (unpaired) electrons. The Morgan fingerprint density at radius 2 is 2.08 bits per heavy atom. The van der Waals surface area contributed by atoms with Crippen LogP contribution in [0.3, 0.4) is 0 Å². The molecule has 0 aliphatic heterocycles. The number of nitrogen functional groups attached to an aromatic ring is 1. The summed E-state index contributed by atoms with van der Waals surface area (Å²) in [7, 11) is 0. The number of rotatable bonds is 1. The van der Waals surface area contributed by atoms with Gasteiger partial charge in [0.2, 0.25) is 0 Å². The van der Waals surface area contributed by atoms with Crippen LogP contribution < -0.4 is 11.5 Å². The molecule has 0 aliphatic carbocycles. The zero-order valence-electron chi connectivity index (χ0n) is 6.67. The minimum absolute atomic E-state index is 0.536. The lowest BCUT2D eigenvalue weighted by atomic mass is 10.2. The molecule has 3 nitrogen and oxygen atoms in total. The van der Waals surface area contributed by atoms with Gasteiger partial charge in [0.15, 0.2) is 0 Å². The molecule has 1 aromatic carbocycles. The van der Waals surface area contributed by atoms with Crippen molar-refractivity contribution in [3.63, 3.8) is 0 Å². The number of benzene rings is 1. The number of aromatic nitrogens is 1. The first-order chi connectivity index (χ1) is 5.79. The summed E-state index contributed by atoms with van der Waals surface area (Å²) in [6.45, 7) is 0.536. The average Bonchev–Trinajstić information content (AvgIpc) is 2.46. The van der Waals surface area contributed by atoms with Gasteiger partial charge in [0.05, 0.1) is 0 Å². The molecule has 0 spiro atoms. The van der Waals surface area contributed by atoms with Gasteiger partial charge in [-0.1, -0.05) is 6.07 Å². The molecule has 2 rings (SSSR count). The topological polar surface area (TPSA) is 67.8 Å². The lowest BCUT2D eigenvalue weighted by Gasteiger charge is -1.91. The summed E-state index contributed by atoms with van der Waals surface area (Å²) in [5, 5.41) is 1.16. The number of hydrogen-bond acceptors (Lipinski definition) is 2. The SMILES string of the molecule is NCc1cc2ccc(N)cc2[nH]1. The standard InChI is InChI=1S/C9H11N3/c10-5-8-3-6-1-2-7(11)4-9(6)12-8/h1-4,12H,5,10-11H2. The maximum atomic E-state index is 5.62. The van der Waals surface area contributed by atoms with E-state index in [9.17, 15) is 0 Å². The first-order valence-electron chi connectivity index (χ1n) is 3.87. The van der Waals surface area contributed by atoms with Crippen molar-refractivity contribution in [3.8, 4) is 0 Å². The smallest absolute Gasteiger partial charge is 0.0477 e. The summed E-state index contributed by atoms with van der Waals surface area (Å²) in [6.07, 6.45) is 0. The van der Waals surface area contributed by atoms with Crippen LogP contribution in [0.4, 0.5) is 5.69 Å². The van der Waals surface area contributed by atoms with Gasteiger partial charge in [-0.3, -0.25) is 0 Å². The Hall–Kier alpha value is -1.48. The lowest BCUT2D eigenvalue weighted by molar-refractivity contribution is 1.02. The maximum absolute atomic E-state index is 5.62. The molecule has 12 heavy (non-hydrogen) atoms. The van der Waals surface area contributed by atoms with Gasteiger partial charge in [-0.05, 0) is 23.6 Å². The normalized spacial score (nSPS) is 10.8. The number of nitrogens with two attached hydrogens (primary N) is 2. The van der Waals surface area contributed by atoms with Crippen molar-refractivity contribution in [3.05, 3.63) is 30.0 Å². The van der Waals surface area contributed by atoms with Crippen LogP contribution in [0.1, 0.15) is 5.69 Å². The Bertz CT molecular complexity index is 403. The van der Waals surface area contributed by atoms with E-state index >= 15 is 0 Å². The fourth-order valence-electron chi connectivity index (χ4n) is 1.31. The second-order valence-corrected chi connectivity index (χ2v) is 2.85. The first kappa shape index (κ1) is 7.18. The van der Waals surface area contributed by atoms with E-state index in [1.165, 1.54) is 0 Å². The molecule has 1 aromatic heterocycles. The number of hydrogen-bond donors (Lipinski definition) is 3. The number of anilines is 1. The van der Waals surface area contributed by atoms with Crippen molar-refractivity contribution in [1.82, 2.24) is 4.98 Å². The van der Waals surface area contributed by atoms with Gasteiger partial charge < -0.3 is 16.5 Å². The van der Waals surface area contributed by atoms with E-state index in [1.54, 1.807) is 0 Å². The predicted octanol–water partition coefficient (Wildman–Crippen LogP) is 1.21. The highest BCUT2D eigenvalue weighted by Crippen LogP contribution is 2.17. The number of fused-ring (bicyclic) bond motifs is 1. The van der Waals surface area contributed by atoms with E-state index in [0.717, 1.165) is 22.3 Å². The van der Waals surface area contributed by atoms with Gasteiger partial charge in [-0.15, -0.1) is 0 Å². The van der Waals surface area contributed by atoms with Crippen LogP contribution >= 0.6 is 0 Å². The Kier molecular flexibility index (Phi) is 1.52. The molecular formula is C9H11N3. The summed E-state index contributed by atoms with van der Waals surface area (Å²) in [4.78, 5) is 3.18. The van der Waals surface area contributed by atoms with Crippen LogP contribution in [0.25, 0.3) is 10.9 Å². The zero-order valence-corrected chi connectivity index (χ0v) is 6.67. The molecule has 62 valence electrons. The zero-order chi connectivity index (χ0) is 8.55. The van der Waals surface area contributed by atoms with E-state index < -0.39 is 0 Å². The monoisotopic (exact) mass is 161 g/mol. The molecular weight excluding hydrogens is 150 g/mol. The van der Waals surface area contributed by atoms with Gasteiger partial charge in [-0.25, -0.2) is 0 Å². The van der Waals surface area contributed by atoms with Crippen LogP contribution in [0, 0.1) is 0 Å². The van der Waals surface area contributed by atoms with E-state index in [-0.39, 0.29) is 0 Å². The third-order valence-electron chi connectivity index (χ3n) is 1.92. The second kappa shape index (κ2) is 2.53. The van der Waals surface area contributed by atoms with Crippen LogP contribution in [-0.2, 0) is 6.54 Å². The molecule has 0 saturated carbocycles.